The number of hydrogen-bond acceptors (Lipinski definition) is 5. The predicted octanol–water partition coefficient (Wildman–Crippen LogP) is 7.02. The number of anilines is 1. The van der Waals surface area contributed by atoms with Crippen molar-refractivity contribution in [1.82, 2.24) is 4.90 Å². The molecule has 14 heteroatoms. The summed E-state index contributed by atoms with van der Waals surface area (Å²) in [4.78, 5) is 28.3. The number of ether oxygens (including phenoxy) is 1. The number of carbonyl (C=O) groups is 2. The fourth-order valence-electron chi connectivity index (χ4n) is 4.28. The van der Waals surface area contributed by atoms with Gasteiger partial charge in [0, 0.05) is 21.9 Å². The molecule has 0 spiro atoms. The topological polar surface area (TPSA) is 78.9 Å². The molecule has 0 saturated heterocycles. The van der Waals surface area contributed by atoms with Crippen LogP contribution in [0.2, 0.25) is 0 Å². The molecular formula is C27H27F7N2O4S. The van der Waals surface area contributed by atoms with Crippen LogP contribution >= 0.6 is 11.8 Å². The second-order valence-electron chi connectivity index (χ2n) is 11.1. The van der Waals surface area contributed by atoms with Crippen molar-refractivity contribution in [3.8, 4) is 0 Å². The molecule has 1 fully saturated rings. The highest BCUT2D eigenvalue weighted by Crippen LogP contribution is 2.50. The second-order valence-corrected chi connectivity index (χ2v) is 12.1. The molecule has 1 aliphatic carbocycles. The van der Waals surface area contributed by atoms with Crippen molar-refractivity contribution < 1.29 is 50.2 Å². The number of hydrogen-bond donors (Lipinski definition) is 2. The Morgan fingerprint density at radius 1 is 1.02 bits per heavy atom. The van der Waals surface area contributed by atoms with E-state index in [0.29, 0.717) is 36.1 Å². The molecule has 4 rings (SSSR count). The summed E-state index contributed by atoms with van der Waals surface area (Å²) in [5.41, 5.74) is -7.84. The van der Waals surface area contributed by atoms with Crippen LogP contribution in [0.3, 0.4) is 0 Å². The lowest BCUT2D eigenvalue weighted by atomic mass is 9.92. The summed E-state index contributed by atoms with van der Waals surface area (Å²) in [5.74, 6) is -0.537. The Kier molecular flexibility index (Phi) is 7.83. The second kappa shape index (κ2) is 10.4. The number of benzene rings is 2. The number of fused-ring (bicyclic) bond motifs is 1. The van der Waals surface area contributed by atoms with E-state index in [0.717, 1.165) is 21.9 Å². The summed E-state index contributed by atoms with van der Waals surface area (Å²) >= 11 is 1.30. The van der Waals surface area contributed by atoms with Gasteiger partial charge >= 0.3 is 18.4 Å². The van der Waals surface area contributed by atoms with Crippen molar-refractivity contribution in [2.75, 3.05) is 11.1 Å². The fourth-order valence-corrected chi connectivity index (χ4v) is 5.38. The van der Waals surface area contributed by atoms with Crippen molar-refractivity contribution >= 4 is 29.4 Å². The number of carbonyl (C=O) groups excluding carboxylic acids is 2. The number of alkyl halides is 7. The van der Waals surface area contributed by atoms with Gasteiger partial charge in [-0.25, -0.2) is 9.18 Å². The molecule has 6 nitrogen and oxygen atoms in total. The number of aliphatic hydroxyl groups is 1. The van der Waals surface area contributed by atoms with Crippen molar-refractivity contribution in [3.63, 3.8) is 0 Å². The van der Waals surface area contributed by atoms with Gasteiger partial charge in [0.1, 0.15) is 17.3 Å². The maximum Gasteiger partial charge on any atom is 0.430 e. The zero-order valence-electron chi connectivity index (χ0n) is 22.1. The predicted molar refractivity (Wildman–Crippen MR) is 136 cm³/mol. The summed E-state index contributed by atoms with van der Waals surface area (Å²) in [6.07, 6.45) is -12.0. The third-order valence-corrected chi connectivity index (χ3v) is 7.87. The van der Waals surface area contributed by atoms with Crippen molar-refractivity contribution in [2.45, 2.75) is 80.3 Å². The average Bonchev–Trinajstić information content (AvgIpc) is 3.45. The molecule has 2 aromatic rings. The highest BCUT2D eigenvalue weighted by atomic mass is 32.2. The van der Waals surface area contributed by atoms with Crippen LogP contribution in [-0.4, -0.2) is 51.4 Å². The van der Waals surface area contributed by atoms with Gasteiger partial charge in [0.25, 0.3) is 11.5 Å². The first-order valence-corrected chi connectivity index (χ1v) is 13.4. The van der Waals surface area contributed by atoms with Gasteiger partial charge in [-0.05, 0) is 69.0 Å². The van der Waals surface area contributed by atoms with Crippen LogP contribution in [0.25, 0.3) is 0 Å². The zero-order valence-corrected chi connectivity index (χ0v) is 22.9. The Labute approximate surface area is 235 Å². The molecule has 41 heavy (non-hydrogen) atoms. The van der Waals surface area contributed by atoms with Crippen molar-refractivity contribution in [1.29, 1.82) is 0 Å². The Hall–Kier alpha value is -3.00. The highest BCUT2D eigenvalue weighted by Gasteiger charge is 2.71. The molecule has 224 valence electrons. The summed E-state index contributed by atoms with van der Waals surface area (Å²) < 4.78 is 98.8. The fraction of sp³-hybridized carbons (Fsp3) is 0.481. The molecule has 0 bridgehead atoms. The minimum absolute atomic E-state index is 0.0271. The van der Waals surface area contributed by atoms with Gasteiger partial charge in [0.2, 0.25) is 0 Å². The lowest BCUT2D eigenvalue weighted by Crippen LogP contribution is -2.53. The maximum absolute atomic E-state index is 14.1. The molecule has 2 N–H and O–H groups in total. The van der Waals surface area contributed by atoms with Crippen molar-refractivity contribution in [2.24, 2.45) is 0 Å². The molecule has 2 aromatic carbocycles. The molecule has 2 aliphatic rings. The summed E-state index contributed by atoms with van der Waals surface area (Å²) in [5, 5.41) is 12.0. The molecule has 1 aliphatic heterocycles. The van der Waals surface area contributed by atoms with Crippen LogP contribution in [-0.2, 0) is 21.7 Å². The molecule has 0 radical (unpaired) electrons. The van der Waals surface area contributed by atoms with E-state index in [4.69, 9.17) is 4.74 Å². The van der Waals surface area contributed by atoms with Gasteiger partial charge in [-0.1, -0.05) is 18.2 Å². The molecule has 1 heterocycles. The number of amides is 2. The van der Waals surface area contributed by atoms with E-state index in [1.165, 1.54) is 11.8 Å². The van der Waals surface area contributed by atoms with Crippen LogP contribution in [0, 0.1) is 0 Å². The van der Waals surface area contributed by atoms with Crippen LogP contribution in [0.4, 0.5) is 41.2 Å². The summed E-state index contributed by atoms with van der Waals surface area (Å²) in [6, 6.07) is 6.18. The molecule has 0 aromatic heterocycles. The van der Waals surface area contributed by atoms with E-state index < -0.39 is 52.8 Å². The van der Waals surface area contributed by atoms with Gasteiger partial charge in [0.15, 0.2) is 0 Å². The molecule has 1 unspecified atom stereocenters. The van der Waals surface area contributed by atoms with Crippen molar-refractivity contribution in [3.05, 3.63) is 59.2 Å². The number of halogens is 7. The Balaban J connectivity index is 1.59. The van der Waals surface area contributed by atoms with E-state index in [9.17, 15) is 45.4 Å². The number of nitrogens with zero attached hydrogens (tertiary/aromatic N) is 1. The molecule has 1 saturated carbocycles. The first-order chi connectivity index (χ1) is 18.7. The molecule has 2 amide bonds. The highest BCUT2D eigenvalue weighted by molar-refractivity contribution is 7.99. The minimum Gasteiger partial charge on any atom is -0.444 e. The van der Waals surface area contributed by atoms with Gasteiger partial charge in [-0.3, -0.25) is 9.69 Å². The third-order valence-electron chi connectivity index (χ3n) is 6.62. The monoisotopic (exact) mass is 608 g/mol. The summed E-state index contributed by atoms with van der Waals surface area (Å²) in [6.45, 7) is 4.87. The van der Waals surface area contributed by atoms with Gasteiger partial charge in [-0.15, -0.1) is 11.8 Å². The third kappa shape index (κ3) is 6.42. The number of nitrogens with one attached hydrogen (secondary N) is 1. The smallest absolute Gasteiger partial charge is 0.430 e. The SMILES string of the molecule is CC(C)(C)OC(=O)N1Cc2cc(SCC3(F)CC3)ccc2C1C(=O)Nc1ccc(C(O)(C(F)(F)F)C(F)(F)F)cc1. The van der Waals surface area contributed by atoms with E-state index in [1.54, 1.807) is 39.0 Å². The van der Waals surface area contributed by atoms with Crippen LogP contribution in [0.1, 0.15) is 56.3 Å². The first kappa shape index (κ1) is 30.9. The standard InChI is InChI=1S/C27H27F7N2O4S/c1-23(2,3)40-22(38)36-13-15-12-18(41-14-24(28)10-11-24)8-9-19(15)20(36)21(37)35-17-6-4-16(5-7-17)25(39,26(29,30)31)27(32,33)34/h4-9,12,20,39H,10-11,13-14H2,1-3H3,(H,35,37). The van der Waals surface area contributed by atoms with E-state index in [-0.39, 0.29) is 18.0 Å². The Morgan fingerprint density at radius 2 is 1.61 bits per heavy atom. The average molecular weight is 609 g/mol. The van der Waals surface area contributed by atoms with Gasteiger partial charge in [-0.2, -0.15) is 26.3 Å². The van der Waals surface area contributed by atoms with E-state index >= 15 is 0 Å². The van der Waals surface area contributed by atoms with E-state index in [2.05, 4.69) is 5.32 Å². The van der Waals surface area contributed by atoms with E-state index in [1.807, 2.05) is 0 Å². The molecule has 1 atom stereocenters. The minimum atomic E-state index is -6.06. The lowest BCUT2D eigenvalue weighted by Gasteiger charge is -2.32. The van der Waals surface area contributed by atoms with Crippen LogP contribution in [0.15, 0.2) is 47.4 Å². The number of rotatable bonds is 6. The Bertz CT molecular complexity index is 1300. The maximum atomic E-state index is 14.1. The first-order valence-electron chi connectivity index (χ1n) is 12.5. The summed E-state index contributed by atoms with van der Waals surface area (Å²) in [7, 11) is 0. The van der Waals surface area contributed by atoms with Gasteiger partial charge < -0.3 is 15.2 Å². The largest absolute Gasteiger partial charge is 0.444 e. The van der Waals surface area contributed by atoms with Crippen LogP contribution < -0.4 is 5.32 Å². The zero-order chi connectivity index (χ0) is 30.6. The quantitative estimate of drug-likeness (QED) is 0.272. The van der Waals surface area contributed by atoms with Gasteiger partial charge in [0.05, 0.1) is 6.54 Å². The number of thioether (sulfide) groups is 1. The lowest BCUT2D eigenvalue weighted by molar-refractivity contribution is -0.376. The van der Waals surface area contributed by atoms with Crippen LogP contribution in [0.5, 0.6) is 0 Å². The Morgan fingerprint density at radius 3 is 2.12 bits per heavy atom. The molecular weight excluding hydrogens is 581 g/mol. The normalized spacial score (nSPS) is 18.6.